The highest BCUT2D eigenvalue weighted by Crippen LogP contribution is 2.23. The molecule has 0 fully saturated rings. The van der Waals surface area contributed by atoms with Crippen molar-refractivity contribution in [2.45, 2.75) is 26.8 Å². The minimum absolute atomic E-state index is 0.0566. The summed E-state index contributed by atoms with van der Waals surface area (Å²) in [5, 5.41) is 3.44. The van der Waals surface area contributed by atoms with Gasteiger partial charge in [-0.25, -0.2) is 0 Å². The van der Waals surface area contributed by atoms with Crippen LogP contribution in [0.4, 0.5) is 0 Å². The van der Waals surface area contributed by atoms with Gasteiger partial charge in [0, 0.05) is 0 Å². The van der Waals surface area contributed by atoms with Gasteiger partial charge in [0.05, 0.1) is 11.1 Å². The summed E-state index contributed by atoms with van der Waals surface area (Å²) in [5.41, 5.74) is 3.45. The van der Waals surface area contributed by atoms with Crippen molar-refractivity contribution in [1.29, 1.82) is 0 Å². The summed E-state index contributed by atoms with van der Waals surface area (Å²) in [6, 6.07) is 13.3. The van der Waals surface area contributed by atoms with Gasteiger partial charge >= 0.3 is 0 Å². The molecule has 116 valence electrons. The smallest absolute Gasteiger partial charge is 0.258 e. The third-order valence-corrected chi connectivity index (χ3v) is 3.79. The van der Waals surface area contributed by atoms with Crippen LogP contribution in [0.3, 0.4) is 0 Å². The topological polar surface area (TPSA) is 38.3 Å². The van der Waals surface area contributed by atoms with Gasteiger partial charge in [0.25, 0.3) is 5.91 Å². The fourth-order valence-electron chi connectivity index (χ4n) is 2.29. The van der Waals surface area contributed by atoms with Crippen molar-refractivity contribution in [2.24, 2.45) is 0 Å². The second-order valence-corrected chi connectivity index (χ2v) is 5.78. The Hall–Kier alpha value is -2.00. The molecule has 1 amide bonds. The van der Waals surface area contributed by atoms with Crippen molar-refractivity contribution in [3.8, 4) is 5.75 Å². The normalized spacial score (nSPS) is 11.8. The molecule has 0 aliphatic rings. The van der Waals surface area contributed by atoms with E-state index in [1.165, 1.54) is 5.56 Å². The maximum Gasteiger partial charge on any atom is 0.258 e. The van der Waals surface area contributed by atoms with E-state index >= 15 is 0 Å². The molecule has 0 heterocycles. The Labute approximate surface area is 136 Å². The third-order valence-electron chi connectivity index (χ3n) is 3.47. The number of nitrogens with one attached hydrogen (secondary N) is 1. The molecule has 0 bridgehead atoms. The molecule has 0 radical (unpaired) electrons. The number of carbonyl (C=O) groups excluding carboxylic acids is 1. The van der Waals surface area contributed by atoms with Gasteiger partial charge in [-0.15, -0.1) is 0 Å². The lowest BCUT2D eigenvalue weighted by Crippen LogP contribution is -2.31. The number of para-hydroxylation sites is 1. The Balaban J connectivity index is 1.94. The molecule has 22 heavy (non-hydrogen) atoms. The predicted octanol–water partition coefficient (Wildman–Crippen LogP) is 4.21. The minimum atomic E-state index is -0.173. The largest absolute Gasteiger partial charge is 0.482 e. The van der Waals surface area contributed by atoms with Gasteiger partial charge in [-0.05, 0) is 44.0 Å². The average Bonchev–Trinajstić information content (AvgIpc) is 2.48. The zero-order valence-electron chi connectivity index (χ0n) is 13.0. The first kappa shape index (κ1) is 16.4. The maximum atomic E-state index is 12.0. The lowest BCUT2D eigenvalue weighted by molar-refractivity contribution is -0.123. The molecule has 0 saturated heterocycles. The summed E-state index contributed by atoms with van der Waals surface area (Å²) < 4.78 is 5.45. The second-order valence-electron chi connectivity index (χ2n) is 5.37. The van der Waals surface area contributed by atoms with Gasteiger partial charge in [0.15, 0.2) is 6.61 Å². The lowest BCUT2D eigenvalue weighted by Gasteiger charge is -2.17. The molecule has 2 aromatic carbocycles. The third kappa shape index (κ3) is 4.25. The van der Waals surface area contributed by atoms with Crippen LogP contribution in [-0.2, 0) is 4.79 Å². The standard InChI is InChI=1S/C18H20ClNO2/c1-12-8-9-13(2)15(10-12)14(3)20-18(21)11-22-17-7-5-4-6-16(17)19/h4-10,14H,11H2,1-3H3,(H,20,21)/t14-/m1/s1. The fourth-order valence-corrected chi connectivity index (χ4v) is 2.48. The second kappa shape index (κ2) is 7.32. The number of carbonyl (C=O) groups is 1. The number of hydrogen-bond donors (Lipinski definition) is 1. The molecule has 3 nitrogen and oxygen atoms in total. The van der Waals surface area contributed by atoms with Crippen molar-refractivity contribution in [1.82, 2.24) is 5.32 Å². The number of rotatable bonds is 5. The van der Waals surface area contributed by atoms with E-state index in [-0.39, 0.29) is 18.6 Å². The Morgan fingerprint density at radius 2 is 1.95 bits per heavy atom. The molecule has 1 atom stereocenters. The quantitative estimate of drug-likeness (QED) is 0.897. The van der Waals surface area contributed by atoms with E-state index in [1.54, 1.807) is 12.1 Å². The van der Waals surface area contributed by atoms with E-state index in [9.17, 15) is 4.79 Å². The van der Waals surface area contributed by atoms with Gasteiger partial charge < -0.3 is 10.1 Å². The Morgan fingerprint density at radius 3 is 2.68 bits per heavy atom. The van der Waals surface area contributed by atoms with Gasteiger partial charge in [-0.3, -0.25) is 4.79 Å². The van der Waals surface area contributed by atoms with Crippen molar-refractivity contribution in [2.75, 3.05) is 6.61 Å². The zero-order chi connectivity index (χ0) is 16.1. The highest BCUT2D eigenvalue weighted by atomic mass is 35.5. The number of hydrogen-bond acceptors (Lipinski definition) is 2. The van der Waals surface area contributed by atoms with Gasteiger partial charge in [0.1, 0.15) is 5.75 Å². The summed E-state index contributed by atoms with van der Waals surface area (Å²) in [6.07, 6.45) is 0. The Bertz CT molecular complexity index is 670. The van der Waals surface area contributed by atoms with Gasteiger partial charge in [-0.1, -0.05) is 47.5 Å². The van der Waals surface area contributed by atoms with Crippen molar-refractivity contribution in [3.63, 3.8) is 0 Å². The molecule has 2 rings (SSSR count). The molecule has 0 aromatic heterocycles. The highest BCUT2D eigenvalue weighted by molar-refractivity contribution is 6.32. The van der Waals surface area contributed by atoms with Crippen LogP contribution >= 0.6 is 11.6 Å². The maximum absolute atomic E-state index is 12.0. The number of halogens is 1. The SMILES string of the molecule is Cc1ccc(C)c([C@@H](C)NC(=O)COc2ccccc2Cl)c1. The van der Waals surface area contributed by atoms with E-state index in [0.29, 0.717) is 10.8 Å². The molecule has 0 unspecified atom stereocenters. The van der Waals surface area contributed by atoms with E-state index < -0.39 is 0 Å². The highest BCUT2D eigenvalue weighted by Gasteiger charge is 2.13. The van der Waals surface area contributed by atoms with Crippen LogP contribution in [0.2, 0.25) is 5.02 Å². The summed E-state index contributed by atoms with van der Waals surface area (Å²) in [7, 11) is 0. The summed E-state index contributed by atoms with van der Waals surface area (Å²) in [5.74, 6) is 0.340. The van der Waals surface area contributed by atoms with Crippen LogP contribution in [0.15, 0.2) is 42.5 Å². The van der Waals surface area contributed by atoms with Crippen molar-refractivity contribution in [3.05, 3.63) is 64.2 Å². The van der Waals surface area contributed by atoms with Crippen LogP contribution in [0.1, 0.15) is 29.7 Å². The molecule has 0 spiro atoms. The summed E-state index contributed by atoms with van der Waals surface area (Å²) >= 11 is 5.99. The number of amides is 1. The summed E-state index contributed by atoms with van der Waals surface area (Å²) in [4.78, 5) is 12.0. The number of aryl methyl sites for hydroxylation is 2. The van der Waals surface area contributed by atoms with E-state index in [0.717, 1.165) is 11.1 Å². The molecule has 0 saturated carbocycles. The minimum Gasteiger partial charge on any atom is -0.482 e. The van der Waals surface area contributed by atoms with Crippen LogP contribution in [-0.4, -0.2) is 12.5 Å². The monoisotopic (exact) mass is 317 g/mol. The molecule has 2 aromatic rings. The molecule has 4 heteroatoms. The van der Waals surface area contributed by atoms with E-state index in [4.69, 9.17) is 16.3 Å². The van der Waals surface area contributed by atoms with E-state index in [1.807, 2.05) is 32.9 Å². The predicted molar refractivity (Wildman–Crippen MR) is 89.4 cm³/mol. The first-order valence-electron chi connectivity index (χ1n) is 7.21. The van der Waals surface area contributed by atoms with Crippen LogP contribution in [0.5, 0.6) is 5.75 Å². The molecular formula is C18H20ClNO2. The fraction of sp³-hybridized carbons (Fsp3) is 0.278. The average molecular weight is 318 g/mol. The van der Waals surface area contributed by atoms with Crippen molar-refractivity contribution >= 4 is 17.5 Å². The first-order chi connectivity index (χ1) is 10.5. The van der Waals surface area contributed by atoms with Crippen LogP contribution < -0.4 is 10.1 Å². The molecular weight excluding hydrogens is 298 g/mol. The van der Waals surface area contributed by atoms with Crippen molar-refractivity contribution < 1.29 is 9.53 Å². The molecule has 0 aliphatic carbocycles. The van der Waals surface area contributed by atoms with Crippen LogP contribution in [0, 0.1) is 13.8 Å². The van der Waals surface area contributed by atoms with Gasteiger partial charge in [-0.2, -0.15) is 0 Å². The summed E-state index contributed by atoms with van der Waals surface area (Å²) in [6.45, 7) is 5.99. The number of benzene rings is 2. The van der Waals surface area contributed by atoms with Gasteiger partial charge in [0.2, 0.25) is 0 Å². The molecule has 1 N–H and O–H groups in total. The van der Waals surface area contributed by atoms with E-state index in [2.05, 4.69) is 23.5 Å². The first-order valence-corrected chi connectivity index (χ1v) is 7.59. The van der Waals surface area contributed by atoms with Crippen LogP contribution in [0.25, 0.3) is 0 Å². The molecule has 0 aliphatic heterocycles. The lowest BCUT2D eigenvalue weighted by atomic mass is 10.00. The zero-order valence-corrected chi connectivity index (χ0v) is 13.8. The number of ether oxygens (including phenoxy) is 1. The Morgan fingerprint density at radius 1 is 1.23 bits per heavy atom. The Kier molecular flexibility index (Phi) is 5.45.